The number of fused-ring (bicyclic) bond motifs is 1. The molecule has 0 heterocycles. The summed E-state index contributed by atoms with van der Waals surface area (Å²) in [5.74, 6) is 4.75. The molecule has 1 amide bonds. The molecule has 0 atom stereocenters. The molecule has 0 spiro atoms. The Morgan fingerprint density at radius 2 is 1.85 bits per heavy atom. The number of benzene rings is 2. The van der Waals surface area contributed by atoms with E-state index in [0.717, 1.165) is 16.3 Å². The predicted octanol–water partition coefficient (Wildman–Crippen LogP) is 2.03. The first-order valence-electron chi connectivity index (χ1n) is 6.07. The Kier molecular flexibility index (Phi) is 4.02. The molecule has 2 rings (SSSR count). The van der Waals surface area contributed by atoms with E-state index in [1.807, 2.05) is 18.2 Å². The third-order valence-electron chi connectivity index (χ3n) is 2.75. The number of carboxylic acid groups (broad SMARTS) is 1. The van der Waals surface area contributed by atoms with Crippen LogP contribution in [0.2, 0.25) is 0 Å². The van der Waals surface area contributed by atoms with Crippen LogP contribution in [0.25, 0.3) is 10.8 Å². The number of carbonyl (C=O) groups excluding carboxylic acids is 1. The molecule has 0 radical (unpaired) electrons. The van der Waals surface area contributed by atoms with Crippen molar-refractivity contribution in [1.29, 1.82) is 0 Å². The van der Waals surface area contributed by atoms with Gasteiger partial charge in [-0.25, -0.2) is 4.79 Å². The molecule has 0 bridgehead atoms. The van der Waals surface area contributed by atoms with Crippen molar-refractivity contribution in [1.82, 2.24) is 5.32 Å². The summed E-state index contributed by atoms with van der Waals surface area (Å²) >= 11 is 0. The molecule has 0 aliphatic heterocycles. The molecule has 0 aliphatic rings. The number of nitrogens with one attached hydrogen (secondary N) is 1. The molecule has 0 saturated heterocycles. The van der Waals surface area contributed by atoms with Crippen LogP contribution in [-0.4, -0.2) is 23.5 Å². The quantitative estimate of drug-likeness (QED) is 0.818. The van der Waals surface area contributed by atoms with E-state index in [1.54, 1.807) is 18.2 Å². The van der Waals surface area contributed by atoms with Crippen molar-refractivity contribution in [2.24, 2.45) is 0 Å². The van der Waals surface area contributed by atoms with Gasteiger partial charge in [0.2, 0.25) is 5.91 Å². The molecule has 2 aromatic rings. The molecule has 0 unspecified atom stereocenters. The van der Waals surface area contributed by atoms with E-state index in [1.165, 1.54) is 6.92 Å². The molecule has 4 heteroatoms. The van der Waals surface area contributed by atoms with Crippen LogP contribution in [0.3, 0.4) is 0 Å². The first-order valence-corrected chi connectivity index (χ1v) is 6.07. The average molecular weight is 267 g/mol. The summed E-state index contributed by atoms with van der Waals surface area (Å²) in [6, 6.07) is 10.5. The number of amides is 1. The van der Waals surface area contributed by atoms with E-state index in [9.17, 15) is 9.59 Å². The van der Waals surface area contributed by atoms with Gasteiger partial charge in [-0.05, 0) is 35.0 Å². The first-order chi connectivity index (χ1) is 9.56. The normalized spacial score (nSPS) is 9.65. The summed E-state index contributed by atoms with van der Waals surface area (Å²) in [5, 5.41) is 13.3. The van der Waals surface area contributed by atoms with Gasteiger partial charge in [0.05, 0.1) is 12.1 Å². The molecule has 20 heavy (non-hydrogen) atoms. The lowest BCUT2D eigenvalue weighted by molar-refractivity contribution is -0.118. The Hall–Kier alpha value is -2.80. The van der Waals surface area contributed by atoms with Crippen molar-refractivity contribution >= 4 is 22.6 Å². The fourth-order valence-corrected chi connectivity index (χ4v) is 1.77. The molecule has 100 valence electrons. The third-order valence-corrected chi connectivity index (χ3v) is 2.75. The van der Waals surface area contributed by atoms with Crippen molar-refractivity contribution in [3.8, 4) is 11.8 Å². The number of hydrogen-bond donors (Lipinski definition) is 2. The third kappa shape index (κ3) is 3.36. The zero-order valence-corrected chi connectivity index (χ0v) is 10.9. The van der Waals surface area contributed by atoms with Crippen LogP contribution < -0.4 is 5.32 Å². The largest absolute Gasteiger partial charge is 0.478 e. The summed E-state index contributed by atoms with van der Waals surface area (Å²) in [7, 11) is 0. The lowest BCUT2D eigenvalue weighted by atomic mass is 10.0. The molecular weight excluding hydrogens is 254 g/mol. The fourth-order valence-electron chi connectivity index (χ4n) is 1.77. The van der Waals surface area contributed by atoms with Gasteiger partial charge in [-0.3, -0.25) is 4.79 Å². The van der Waals surface area contributed by atoms with E-state index in [4.69, 9.17) is 5.11 Å². The van der Waals surface area contributed by atoms with Gasteiger partial charge in [0, 0.05) is 12.5 Å². The number of carboxylic acids is 1. The SMILES string of the molecule is CC(=O)NCC#Cc1ccc2cc(C(=O)O)ccc2c1. The van der Waals surface area contributed by atoms with Gasteiger partial charge in [-0.1, -0.05) is 24.0 Å². The molecule has 2 N–H and O–H groups in total. The lowest BCUT2D eigenvalue weighted by Crippen LogP contribution is -2.19. The summed E-state index contributed by atoms with van der Waals surface area (Å²) < 4.78 is 0. The summed E-state index contributed by atoms with van der Waals surface area (Å²) in [6.45, 7) is 1.75. The summed E-state index contributed by atoms with van der Waals surface area (Å²) in [5.41, 5.74) is 1.09. The Balaban J connectivity index is 2.23. The standard InChI is InChI=1S/C16H13NO3/c1-11(18)17-8-2-3-12-4-5-14-10-15(16(19)20)7-6-13(14)9-12/h4-7,9-10H,8H2,1H3,(H,17,18)(H,19,20). The van der Waals surface area contributed by atoms with Gasteiger partial charge in [-0.2, -0.15) is 0 Å². The number of hydrogen-bond acceptors (Lipinski definition) is 2. The van der Waals surface area contributed by atoms with Crippen LogP contribution >= 0.6 is 0 Å². The van der Waals surface area contributed by atoms with E-state index < -0.39 is 5.97 Å². The van der Waals surface area contributed by atoms with Gasteiger partial charge < -0.3 is 10.4 Å². The van der Waals surface area contributed by atoms with Crippen molar-refractivity contribution in [2.45, 2.75) is 6.92 Å². The average Bonchev–Trinajstić information content (AvgIpc) is 2.42. The van der Waals surface area contributed by atoms with Gasteiger partial charge in [0.15, 0.2) is 0 Å². The first kappa shape index (κ1) is 13.6. The minimum absolute atomic E-state index is 0.112. The smallest absolute Gasteiger partial charge is 0.335 e. The second-order valence-corrected chi connectivity index (χ2v) is 4.29. The second kappa shape index (κ2) is 5.89. The number of aromatic carboxylic acids is 1. The van der Waals surface area contributed by atoms with Crippen LogP contribution in [-0.2, 0) is 4.79 Å². The van der Waals surface area contributed by atoms with Gasteiger partial charge >= 0.3 is 5.97 Å². The van der Waals surface area contributed by atoms with E-state index >= 15 is 0 Å². The maximum absolute atomic E-state index is 10.9. The molecule has 0 aromatic heterocycles. The van der Waals surface area contributed by atoms with Gasteiger partial charge in [0.1, 0.15) is 0 Å². The van der Waals surface area contributed by atoms with E-state index in [2.05, 4.69) is 17.2 Å². The van der Waals surface area contributed by atoms with Crippen molar-refractivity contribution < 1.29 is 14.7 Å². The minimum Gasteiger partial charge on any atom is -0.478 e. The van der Waals surface area contributed by atoms with Crippen molar-refractivity contribution in [3.05, 3.63) is 47.5 Å². The second-order valence-electron chi connectivity index (χ2n) is 4.29. The maximum Gasteiger partial charge on any atom is 0.335 e. The highest BCUT2D eigenvalue weighted by Crippen LogP contribution is 2.17. The molecule has 0 fully saturated rings. The Labute approximate surface area is 116 Å². The van der Waals surface area contributed by atoms with Gasteiger partial charge in [0.25, 0.3) is 0 Å². The zero-order chi connectivity index (χ0) is 14.5. The van der Waals surface area contributed by atoms with Crippen LogP contribution in [0.1, 0.15) is 22.8 Å². The topological polar surface area (TPSA) is 66.4 Å². The van der Waals surface area contributed by atoms with E-state index in [0.29, 0.717) is 6.54 Å². The Morgan fingerprint density at radius 1 is 1.15 bits per heavy atom. The van der Waals surface area contributed by atoms with Gasteiger partial charge in [-0.15, -0.1) is 0 Å². The van der Waals surface area contributed by atoms with Crippen molar-refractivity contribution in [2.75, 3.05) is 6.54 Å². The molecule has 0 aliphatic carbocycles. The molecular formula is C16H13NO3. The Bertz CT molecular complexity index is 738. The monoisotopic (exact) mass is 267 g/mol. The van der Waals surface area contributed by atoms with Crippen LogP contribution in [0.4, 0.5) is 0 Å². The minimum atomic E-state index is -0.939. The predicted molar refractivity (Wildman–Crippen MR) is 76.5 cm³/mol. The highest BCUT2D eigenvalue weighted by atomic mass is 16.4. The van der Waals surface area contributed by atoms with Crippen LogP contribution in [0, 0.1) is 11.8 Å². The maximum atomic E-state index is 10.9. The van der Waals surface area contributed by atoms with Crippen LogP contribution in [0.15, 0.2) is 36.4 Å². The summed E-state index contributed by atoms with van der Waals surface area (Å²) in [6.07, 6.45) is 0. The summed E-state index contributed by atoms with van der Waals surface area (Å²) in [4.78, 5) is 21.6. The molecule has 2 aromatic carbocycles. The number of carbonyl (C=O) groups is 2. The zero-order valence-electron chi connectivity index (χ0n) is 10.9. The Morgan fingerprint density at radius 3 is 2.55 bits per heavy atom. The lowest BCUT2D eigenvalue weighted by Gasteiger charge is -2.00. The molecule has 0 saturated carbocycles. The van der Waals surface area contributed by atoms with Crippen molar-refractivity contribution in [3.63, 3.8) is 0 Å². The molecule has 4 nitrogen and oxygen atoms in total. The number of rotatable bonds is 2. The highest BCUT2D eigenvalue weighted by Gasteiger charge is 2.03. The van der Waals surface area contributed by atoms with E-state index in [-0.39, 0.29) is 11.5 Å². The van der Waals surface area contributed by atoms with Crippen LogP contribution in [0.5, 0.6) is 0 Å². The fraction of sp³-hybridized carbons (Fsp3) is 0.125. The highest BCUT2D eigenvalue weighted by molar-refractivity contribution is 5.94.